The molecule has 0 unspecified atom stereocenters. The molecule has 1 aliphatic heterocycles. The summed E-state index contributed by atoms with van der Waals surface area (Å²) < 4.78 is 10.8. The molecule has 6 heteroatoms. The number of methoxy groups -OCH3 is 2. The zero-order chi connectivity index (χ0) is 19.6. The number of rotatable bonds is 5. The van der Waals surface area contributed by atoms with E-state index in [1.54, 1.807) is 33.0 Å². The molecule has 1 aromatic rings. The molecule has 0 saturated heterocycles. The van der Waals surface area contributed by atoms with Gasteiger partial charge in [-0.1, -0.05) is 12.8 Å². The van der Waals surface area contributed by atoms with E-state index in [2.05, 4.69) is 5.32 Å². The van der Waals surface area contributed by atoms with Gasteiger partial charge in [0.2, 0.25) is 11.8 Å². The molecular weight excluding hydrogens is 344 g/mol. The van der Waals surface area contributed by atoms with E-state index in [1.165, 1.54) is 0 Å². The summed E-state index contributed by atoms with van der Waals surface area (Å²) in [7, 11) is 3.22. The Morgan fingerprint density at radius 2 is 1.67 bits per heavy atom. The summed E-state index contributed by atoms with van der Waals surface area (Å²) >= 11 is 0. The zero-order valence-electron chi connectivity index (χ0n) is 16.8. The van der Waals surface area contributed by atoms with Crippen molar-refractivity contribution in [3.05, 3.63) is 23.3 Å². The number of hydrogen-bond donors (Lipinski definition) is 1. The molecule has 148 valence electrons. The van der Waals surface area contributed by atoms with Gasteiger partial charge in [0.25, 0.3) is 0 Å². The van der Waals surface area contributed by atoms with Crippen molar-refractivity contribution >= 4 is 11.8 Å². The van der Waals surface area contributed by atoms with Gasteiger partial charge in [-0.15, -0.1) is 0 Å². The number of carbonyl (C=O) groups is 2. The Morgan fingerprint density at radius 3 is 2.26 bits per heavy atom. The highest BCUT2D eigenvalue weighted by molar-refractivity contribution is 6.04. The Balaban J connectivity index is 1.73. The fourth-order valence-electron chi connectivity index (χ4n) is 3.98. The third-order valence-electron chi connectivity index (χ3n) is 5.80. The van der Waals surface area contributed by atoms with Crippen molar-refractivity contribution in [2.24, 2.45) is 5.41 Å². The minimum Gasteiger partial charge on any atom is -0.493 e. The first-order valence-corrected chi connectivity index (χ1v) is 9.71. The Morgan fingerprint density at radius 1 is 1.07 bits per heavy atom. The summed E-state index contributed by atoms with van der Waals surface area (Å²) in [4.78, 5) is 27.7. The molecule has 0 radical (unpaired) electrons. The topological polar surface area (TPSA) is 67.9 Å². The first kappa shape index (κ1) is 19.5. The SMILES string of the molecule is COc1cc2c(cc1OC)CN(C(=O)C(C)(C)C(=O)NC1CCCC1)CC2. The Kier molecular flexibility index (Phi) is 5.63. The van der Waals surface area contributed by atoms with E-state index >= 15 is 0 Å². The number of nitrogens with zero attached hydrogens (tertiary/aromatic N) is 1. The highest BCUT2D eigenvalue weighted by Gasteiger charge is 2.41. The summed E-state index contributed by atoms with van der Waals surface area (Å²) in [5.74, 6) is 1.06. The monoisotopic (exact) mass is 374 g/mol. The number of fused-ring (bicyclic) bond motifs is 1. The van der Waals surface area contributed by atoms with Crippen LogP contribution in [-0.4, -0.2) is 43.5 Å². The lowest BCUT2D eigenvalue weighted by atomic mass is 9.88. The van der Waals surface area contributed by atoms with Crippen molar-refractivity contribution in [2.75, 3.05) is 20.8 Å². The number of amides is 2. The molecule has 6 nitrogen and oxygen atoms in total. The summed E-state index contributed by atoms with van der Waals surface area (Å²) in [6.45, 7) is 4.53. The maximum Gasteiger partial charge on any atom is 0.238 e. The number of nitrogens with one attached hydrogen (secondary N) is 1. The first-order chi connectivity index (χ1) is 12.9. The molecule has 27 heavy (non-hydrogen) atoms. The first-order valence-electron chi connectivity index (χ1n) is 9.71. The average Bonchev–Trinajstić information content (AvgIpc) is 3.18. The van der Waals surface area contributed by atoms with Crippen LogP contribution in [0.1, 0.15) is 50.7 Å². The second-order valence-corrected chi connectivity index (χ2v) is 8.03. The maximum atomic E-state index is 13.1. The fraction of sp³-hybridized carbons (Fsp3) is 0.619. The molecule has 1 aromatic carbocycles. The molecule has 0 aromatic heterocycles. The third kappa shape index (κ3) is 3.89. The van der Waals surface area contributed by atoms with Crippen molar-refractivity contribution in [1.82, 2.24) is 10.2 Å². The van der Waals surface area contributed by atoms with Crippen LogP contribution in [0.25, 0.3) is 0 Å². The summed E-state index contributed by atoms with van der Waals surface area (Å²) in [6, 6.07) is 4.12. The van der Waals surface area contributed by atoms with Crippen LogP contribution in [0.5, 0.6) is 11.5 Å². The number of benzene rings is 1. The van der Waals surface area contributed by atoms with Crippen LogP contribution in [0.15, 0.2) is 12.1 Å². The van der Waals surface area contributed by atoms with Gasteiger partial charge in [0.05, 0.1) is 14.2 Å². The molecule has 0 spiro atoms. The van der Waals surface area contributed by atoms with Crippen molar-refractivity contribution in [1.29, 1.82) is 0 Å². The van der Waals surface area contributed by atoms with Crippen LogP contribution < -0.4 is 14.8 Å². The Bertz CT molecular complexity index is 723. The smallest absolute Gasteiger partial charge is 0.238 e. The highest BCUT2D eigenvalue weighted by atomic mass is 16.5. The van der Waals surface area contributed by atoms with E-state index < -0.39 is 5.41 Å². The normalized spacial score (nSPS) is 17.4. The van der Waals surface area contributed by atoms with Crippen LogP contribution in [-0.2, 0) is 22.6 Å². The van der Waals surface area contributed by atoms with Gasteiger partial charge in [-0.25, -0.2) is 0 Å². The standard InChI is InChI=1S/C21H30N2O4/c1-21(2,19(24)22-16-7-5-6-8-16)20(25)23-10-9-14-11-17(26-3)18(27-4)12-15(14)13-23/h11-12,16H,5-10,13H2,1-4H3,(H,22,24). The minimum atomic E-state index is -1.07. The van der Waals surface area contributed by atoms with Crippen molar-refractivity contribution in [3.63, 3.8) is 0 Å². The van der Waals surface area contributed by atoms with Gasteiger partial charge in [-0.2, -0.15) is 0 Å². The summed E-state index contributed by atoms with van der Waals surface area (Å²) in [6.07, 6.45) is 5.05. The quantitative estimate of drug-likeness (QED) is 0.805. The Labute approximate surface area is 161 Å². The lowest BCUT2D eigenvalue weighted by Crippen LogP contribution is -2.52. The molecule has 1 aliphatic carbocycles. The minimum absolute atomic E-state index is 0.126. The van der Waals surface area contributed by atoms with Crippen LogP contribution in [0.3, 0.4) is 0 Å². The number of hydrogen-bond acceptors (Lipinski definition) is 4. The average molecular weight is 374 g/mol. The summed E-state index contributed by atoms with van der Waals surface area (Å²) in [5, 5.41) is 3.07. The predicted molar refractivity (Wildman–Crippen MR) is 103 cm³/mol. The van der Waals surface area contributed by atoms with Crippen LogP contribution >= 0.6 is 0 Å². The largest absolute Gasteiger partial charge is 0.493 e. The van der Waals surface area contributed by atoms with Crippen molar-refractivity contribution in [3.8, 4) is 11.5 Å². The van der Waals surface area contributed by atoms with Crippen LogP contribution in [0.2, 0.25) is 0 Å². The number of carbonyl (C=O) groups excluding carboxylic acids is 2. The van der Waals surface area contributed by atoms with E-state index in [0.29, 0.717) is 24.6 Å². The van der Waals surface area contributed by atoms with E-state index in [1.807, 2.05) is 12.1 Å². The van der Waals surface area contributed by atoms with Crippen LogP contribution in [0, 0.1) is 5.41 Å². The highest BCUT2D eigenvalue weighted by Crippen LogP contribution is 2.34. The second-order valence-electron chi connectivity index (χ2n) is 8.03. The molecule has 2 aliphatic rings. The van der Waals surface area contributed by atoms with Gasteiger partial charge in [0, 0.05) is 19.1 Å². The molecule has 1 N–H and O–H groups in total. The molecule has 2 amide bonds. The van der Waals surface area contributed by atoms with Gasteiger partial charge in [0.15, 0.2) is 11.5 Å². The van der Waals surface area contributed by atoms with Gasteiger partial charge in [-0.3, -0.25) is 9.59 Å². The van der Waals surface area contributed by atoms with Gasteiger partial charge in [0.1, 0.15) is 5.41 Å². The molecule has 0 atom stereocenters. The molecule has 3 rings (SSSR count). The van der Waals surface area contributed by atoms with Crippen LogP contribution in [0.4, 0.5) is 0 Å². The van der Waals surface area contributed by atoms with Crippen molar-refractivity contribution in [2.45, 2.75) is 58.5 Å². The molecule has 1 fully saturated rings. The van der Waals surface area contributed by atoms with E-state index in [0.717, 1.165) is 43.2 Å². The lowest BCUT2D eigenvalue weighted by molar-refractivity contribution is -0.149. The van der Waals surface area contributed by atoms with Gasteiger partial charge >= 0.3 is 0 Å². The van der Waals surface area contributed by atoms with Gasteiger partial charge < -0.3 is 19.7 Å². The fourth-order valence-corrected chi connectivity index (χ4v) is 3.98. The zero-order valence-corrected chi connectivity index (χ0v) is 16.8. The van der Waals surface area contributed by atoms with Gasteiger partial charge in [-0.05, 0) is 56.4 Å². The number of ether oxygens (including phenoxy) is 2. The van der Waals surface area contributed by atoms with E-state index in [4.69, 9.17) is 9.47 Å². The van der Waals surface area contributed by atoms with E-state index in [9.17, 15) is 9.59 Å². The molecule has 1 saturated carbocycles. The van der Waals surface area contributed by atoms with E-state index in [-0.39, 0.29) is 17.9 Å². The molecular formula is C21H30N2O4. The maximum absolute atomic E-state index is 13.1. The third-order valence-corrected chi connectivity index (χ3v) is 5.80. The second kappa shape index (κ2) is 7.79. The lowest BCUT2D eigenvalue weighted by Gasteiger charge is -2.35. The Hall–Kier alpha value is -2.24. The predicted octanol–water partition coefficient (Wildman–Crippen LogP) is 2.67. The molecule has 1 heterocycles. The summed E-state index contributed by atoms with van der Waals surface area (Å²) in [5.41, 5.74) is 1.13. The molecule has 0 bridgehead atoms. The van der Waals surface area contributed by atoms with Crippen molar-refractivity contribution < 1.29 is 19.1 Å².